The quantitative estimate of drug-likeness (QED) is 0.850. The highest BCUT2D eigenvalue weighted by molar-refractivity contribution is 6.35. The van der Waals surface area contributed by atoms with E-state index in [2.05, 4.69) is 5.32 Å². The van der Waals surface area contributed by atoms with Gasteiger partial charge in [0, 0.05) is 11.1 Å². The first-order valence-corrected chi connectivity index (χ1v) is 8.61. The van der Waals surface area contributed by atoms with Gasteiger partial charge in [-0.3, -0.25) is 4.79 Å². The fourth-order valence-corrected chi connectivity index (χ4v) is 5.44. The third-order valence-electron chi connectivity index (χ3n) is 5.70. The van der Waals surface area contributed by atoms with Crippen LogP contribution in [0, 0.1) is 23.7 Å². The zero-order chi connectivity index (χ0) is 14.6. The Morgan fingerprint density at radius 1 is 1.00 bits per heavy atom. The van der Waals surface area contributed by atoms with Gasteiger partial charge in [0.2, 0.25) is 0 Å². The molecule has 0 aliphatic heterocycles. The van der Waals surface area contributed by atoms with Gasteiger partial charge in [0.25, 0.3) is 5.91 Å². The summed E-state index contributed by atoms with van der Waals surface area (Å²) in [5.74, 6) is 3.09. The minimum atomic E-state index is -0.0695. The summed E-state index contributed by atoms with van der Waals surface area (Å²) in [4.78, 5) is 12.6. The normalized spacial score (nSPS) is 36.8. The monoisotopic (exact) mass is 323 g/mol. The molecule has 1 aromatic rings. The van der Waals surface area contributed by atoms with E-state index in [0.29, 0.717) is 33.5 Å². The number of amides is 1. The highest BCUT2D eigenvalue weighted by atomic mass is 35.5. The first-order valence-electron chi connectivity index (χ1n) is 7.86. The molecule has 0 saturated heterocycles. The fourth-order valence-electron chi connectivity index (χ4n) is 5.06. The summed E-state index contributed by atoms with van der Waals surface area (Å²) in [6.45, 7) is 0. The molecule has 21 heavy (non-hydrogen) atoms. The van der Waals surface area contributed by atoms with Gasteiger partial charge in [-0.15, -0.1) is 0 Å². The van der Waals surface area contributed by atoms with E-state index in [0.717, 1.165) is 11.8 Å². The second-order valence-corrected chi connectivity index (χ2v) is 7.90. The van der Waals surface area contributed by atoms with E-state index in [-0.39, 0.29) is 5.91 Å². The first kappa shape index (κ1) is 13.9. The number of nitrogens with one attached hydrogen (secondary N) is 1. The molecule has 0 aromatic heterocycles. The Balaban J connectivity index is 1.53. The molecule has 0 radical (unpaired) electrons. The molecule has 4 aliphatic carbocycles. The molecule has 4 bridgehead atoms. The van der Waals surface area contributed by atoms with E-state index >= 15 is 0 Å². The lowest BCUT2D eigenvalue weighted by atomic mass is 9.54. The van der Waals surface area contributed by atoms with Gasteiger partial charge < -0.3 is 5.32 Å². The van der Waals surface area contributed by atoms with Gasteiger partial charge in [-0.05, 0) is 74.0 Å². The van der Waals surface area contributed by atoms with Crippen LogP contribution in [0.3, 0.4) is 0 Å². The van der Waals surface area contributed by atoms with Crippen molar-refractivity contribution in [1.29, 1.82) is 0 Å². The molecular formula is C17H19Cl2NO. The van der Waals surface area contributed by atoms with Crippen LogP contribution in [0.2, 0.25) is 10.0 Å². The van der Waals surface area contributed by atoms with Crippen LogP contribution in [0.15, 0.2) is 18.2 Å². The molecule has 1 amide bonds. The number of carbonyl (C=O) groups excluding carboxylic acids is 1. The van der Waals surface area contributed by atoms with E-state index in [1.807, 2.05) is 0 Å². The Bertz CT molecular complexity index is 558. The third-order valence-corrected chi connectivity index (χ3v) is 6.26. The van der Waals surface area contributed by atoms with Gasteiger partial charge in [-0.2, -0.15) is 0 Å². The lowest BCUT2D eigenvalue weighted by molar-refractivity contribution is -0.0119. The summed E-state index contributed by atoms with van der Waals surface area (Å²) in [7, 11) is 0. The van der Waals surface area contributed by atoms with Crippen LogP contribution < -0.4 is 5.32 Å². The summed E-state index contributed by atoms with van der Waals surface area (Å²) in [5.41, 5.74) is 0.498. The van der Waals surface area contributed by atoms with Crippen molar-refractivity contribution in [3.63, 3.8) is 0 Å². The van der Waals surface area contributed by atoms with Gasteiger partial charge in [0.05, 0.1) is 10.6 Å². The standard InChI is InChI=1S/C17H19Cl2NO/c18-13-1-2-15(19)14(8-13)17(21)20-16-11-4-9-3-10(6-11)7-12(16)5-9/h1-2,8-12,16H,3-7H2,(H,20,21). The molecule has 0 heterocycles. The zero-order valence-corrected chi connectivity index (χ0v) is 13.3. The van der Waals surface area contributed by atoms with Crippen molar-refractivity contribution in [3.8, 4) is 0 Å². The molecule has 4 aliphatic rings. The summed E-state index contributed by atoms with van der Waals surface area (Å²) < 4.78 is 0. The summed E-state index contributed by atoms with van der Waals surface area (Å²) in [5, 5.41) is 4.29. The van der Waals surface area contributed by atoms with Gasteiger partial charge in [0.1, 0.15) is 0 Å². The molecule has 4 heteroatoms. The second kappa shape index (κ2) is 5.17. The zero-order valence-electron chi connectivity index (χ0n) is 11.8. The smallest absolute Gasteiger partial charge is 0.253 e. The van der Waals surface area contributed by atoms with Crippen LogP contribution in [0.25, 0.3) is 0 Å². The Morgan fingerprint density at radius 3 is 2.24 bits per heavy atom. The fraction of sp³-hybridized carbons (Fsp3) is 0.588. The molecule has 112 valence electrons. The SMILES string of the molecule is O=C(NC1C2CC3CC(C2)CC1C3)c1cc(Cl)ccc1Cl. The lowest BCUT2D eigenvalue weighted by Gasteiger charge is -2.54. The molecule has 0 unspecified atom stereocenters. The minimum absolute atomic E-state index is 0.0695. The Labute approximate surface area is 135 Å². The van der Waals surface area contributed by atoms with E-state index in [4.69, 9.17) is 23.2 Å². The van der Waals surface area contributed by atoms with Crippen LogP contribution >= 0.6 is 23.2 Å². The average Bonchev–Trinajstić information content (AvgIpc) is 2.44. The van der Waals surface area contributed by atoms with Gasteiger partial charge in [-0.1, -0.05) is 23.2 Å². The third kappa shape index (κ3) is 2.47. The molecule has 0 spiro atoms. The number of benzene rings is 1. The number of halogens is 2. The lowest BCUT2D eigenvalue weighted by Crippen LogP contribution is -2.55. The predicted octanol–water partition coefficient (Wildman–Crippen LogP) is 4.55. The maximum atomic E-state index is 12.6. The molecular weight excluding hydrogens is 305 g/mol. The largest absolute Gasteiger partial charge is 0.349 e. The molecule has 4 saturated carbocycles. The van der Waals surface area contributed by atoms with Gasteiger partial charge in [-0.25, -0.2) is 0 Å². The summed E-state index contributed by atoms with van der Waals surface area (Å²) in [6.07, 6.45) is 6.60. The average molecular weight is 324 g/mol. The Hall–Kier alpha value is -0.730. The number of rotatable bonds is 2. The van der Waals surface area contributed by atoms with Crippen molar-refractivity contribution in [2.24, 2.45) is 23.7 Å². The summed E-state index contributed by atoms with van der Waals surface area (Å²) >= 11 is 12.1. The van der Waals surface area contributed by atoms with E-state index in [1.165, 1.54) is 32.1 Å². The molecule has 4 fully saturated rings. The van der Waals surface area contributed by atoms with Crippen molar-refractivity contribution in [2.45, 2.75) is 38.1 Å². The van der Waals surface area contributed by atoms with Crippen LogP contribution in [-0.2, 0) is 0 Å². The van der Waals surface area contributed by atoms with Gasteiger partial charge >= 0.3 is 0 Å². The van der Waals surface area contributed by atoms with E-state index in [1.54, 1.807) is 18.2 Å². The topological polar surface area (TPSA) is 29.1 Å². The molecule has 0 atom stereocenters. The van der Waals surface area contributed by atoms with Crippen LogP contribution in [-0.4, -0.2) is 11.9 Å². The number of hydrogen-bond donors (Lipinski definition) is 1. The summed E-state index contributed by atoms with van der Waals surface area (Å²) in [6, 6.07) is 5.40. The Kier molecular flexibility index (Phi) is 3.42. The minimum Gasteiger partial charge on any atom is -0.349 e. The van der Waals surface area contributed by atoms with Crippen molar-refractivity contribution in [1.82, 2.24) is 5.32 Å². The van der Waals surface area contributed by atoms with Gasteiger partial charge in [0.15, 0.2) is 0 Å². The Morgan fingerprint density at radius 2 is 1.62 bits per heavy atom. The maximum Gasteiger partial charge on any atom is 0.253 e. The van der Waals surface area contributed by atoms with Crippen LogP contribution in [0.1, 0.15) is 42.5 Å². The van der Waals surface area contributed by atoms with Crippen molar-refractivity contribution in [2.75, 3.05) is 0 Å². The van der Waals surface area contributed by atoms with Crippen molar-refractivity contribution < 1.29 is 4.79 Å². The highest BCUT2D eigenvalue weighted by Crippen LogP contribution is 2.53. The van der Waals surface area contributed by atoms with Crippen LogP contribution in [0.5, 0.6) is 0 Å². The number of carbonyl (C=O) groups is 1. The van der Waals surface area contributed by atoms with Crippen molar-refractivity contribution >= 4 is 29.1 Å². The number of hydrogen-bond acceptors (Lipinski definition) is 1. The maximum absolute atomic E-state index is 12.6. The second-order valence-electron chi connectivity index (χ2n) is 7.05. The van der Waals surface area contributed by atoms with Crippen LogP contribution in [0.4, 0.5) is 0 Å². The molecule has 5 rings (SSSR count). The van der Waals surface area contributed by atoms with E-state index in [9.17, 15) is 4.79 Å². The molecule has 2 nitrogen and oxygen atoms in total. The van der Waals surface area contributed by atoms with E-state index < -0.39 is 0 Å². The molecule has 1 aromatic carbocycles. The molecule has 1 N–H and O–H groups in total. The highest BCUT2D eigenvalue weighted by Gasteiger charge is 2.48. The first-order chi connectivity index (χ1) is 10.1. The van der Waals surface area contributed by atoms with Crippen molar-refractivity contribution in [3.05, 3.63) is 33.8 Å². The predicted molar refractivity (Wildman–Crippen MR) is 84.8 cm³/mol.